The lowest BCUT2D eigenvalue weighted by molar-refractivity contribution is 1.23. The lowest BCUT2D eigenvalue weighted by atomic mass is 10.3. The summed E-state index contributed by atoms with van der Waals surface area (Å²) >= 11 is 0. The third-order valence-electron chi connectivity index (χ3n) is 1.33. The molecule has 0 saturated carbocycles. The van der Waals surface area contributed by atoms with Crippen molar-refractivity contribution < 1.29 is 0 Å². The van der Waals surface area contributed by atoms with Gasteiger partial charge >= 0.3 is 0 Å². The largest absolute Gasteiger partial charge is 0.120 e. The SMILES string of the molecule is C#CCC=CC(C)SSC(C)C=C. The first-order valence-corrected chi connectivity index (χ1v) is 6.53. The molecule has 72 valence electrons. The van der Waals surface area contributed by atoms with Crippen molar-refractivity contribution in [2.24, 2.45) is 0 Å². The highest BCUT2D eigenvalue weighted by Gasteiger charge is 2.01. The Kier molecular flexibility index (Phi) is 8.18. The topological polar surface area (TPSA) is 0 Å². The van der Waals surface area contributed by atoms with Crippen LogP contribution in [0.25, 0.3) is 0 Å². The maximum absolute atomic E-state index is 5.13. The van der Waals surface area contributed by atoms with E-state index in [1.54, 1.807) is 0 Å². The van der Waals surface area contributed by atoms with Gasteiger partial charge in [-0.2, -0.15) is 0 Å². The van der Waals surface area contributed by atoms with E-state index >= 15 is 0 Å². The Hall–Kier alpha value is -0.260. The summed E-state index contributed by atoms with van der Waals surface area (Å²) < 4.78 is 0. The molecule has 0 heterocycles. The van der Waals surface area contributed by atoms with Crippen molar-refractivity contribution in [2.45, 2.75) is 30.8 Å². The van der Waals surface area contributed by atoms with Crippen LogP contribution in [0, 0.1) is 12.3 Å². The summed E-state index contributed by atoms with van der Waals surface area (Å²) in [6.07, 6.45) is 12.0. The second-order valence-corrected chi connectivity index (χ2v) is 5.70. The lowest BCUT2D eigenvalue weighted by Gasteiger charge is -2.07. The molecule has 0 aliphatic carbocycles. The second-order valence-electron chi connectivity index (χ2n) is 2.67. The summed E-state index contributed by atoms with van der Waals surface area (Å²) in [6, 6.07) is 0. The molecule has 0 aliphatic rings. The Morgan fingerprint density at radius 2 is 2.00 bits per heavy atom. The lowest BCUT2D eigenvalue weighted by Crippen LogP contribution is -1.91. The van der Waals surface area contributed by atoms with Crippen LogP contribution in [0.3, 0.4) is 0 Å². The Morgan fingerprint density at radius 1 is 1.38 bits per heavy atom. The van der Waals surface area contributed by atoms with Crippen LogP contribution in [-0.4, -0.2) is 10.5 Å². The van der Waals surface area contributed by atoms with Gasteiger partial charge in [0.15, 0.2) is 0 Å². The standard InChI is InChI=1S/C11H16S2/c1-5-7-8-9-11(4)13-12-10(3)6-2/h1,6,8-11H,2,7H2,3-4H3. The Balaban J connectivity index is 3.57. The van der Waals surface area contributed by atoms with Crippen molar-refractivity contribution in [3.05, 3.63) is 24.8 Å². The van der Waals surface area contributed by atoms with E-state index in [2.05, 4.69) is 32.4 Å². The zero-order valence-corrected chi connectivity index (χ0v) is 9.83. The molecule has 2 heteroatoms. The van der Waals surface area contributed by atoms with Crippen LogP contribution in [0.1, 0.15) is 20.3 Å². The molecule has 0 N–H and O–H groups in total. The van der Waals surface area contributed by atoms with Crippen LogP contribution in [0.4, 0.5) is 0 Å². The van der Waals surface area contributed by atoms with Crippen molar-refractivity contribution in [2.75, 3.05) is 0 Å². The monoisotopic (exact) mass is 212 g/mol. The molecule has 0 amide bonds. The van der Waals surface area contributed by atoms with E-state index in [4.69, 9.17) is 6.42 Å². The van der Waals surface area contributed by atoms with Crippen molar-refractivity contribution in [1.29, 1.82) is 0 Å². The van der Waals surface area contributed by atoms with Gasteiger partial charge in [-0.15, -0.1) is 18.9 Å². The van der Waals surface area contributed by atoms with Gasteiger partial charge < -0.3 is 0 Å². The number of hydrogen-bond acceptors (Lipinski definition) is 2. The molecule has 0 aromatic heterocycles. The van der Waals surface area contributed by atoms with E-state index in [0.29, 0.717) is 10.5 Å². The van der Waals surface area contributed by atoms with Gasteiger partial charge in [-0.3, -0.25) is 0 Å². The predicted molar refractivity (Wildman–Crippen MR) is 66.9 cm³/mol. The molecule has 0 spiro atoms. The minimum absolute atomic E-state index is 0.508. The van der Waals surface area contributed by atoms with Crippen LogP contribution >= 0.6 is 21.6 Å². The van der Waals surface area contributed by atoms with Crippen LogP contribution in [-0.2, 0) is 0 Å². The molecule has 0 nitrogen and oxygen atoms in total. The van der Waals surface area contributed by atoms with E-state index in [9.17, 15) is 0 Å². The van der Waals surface area contributed by atoms with Gasteiger partial charge in [-0.05, 0) is 13.8 Å². The van der Waals surface area contributed by atoms with E-state index < -0.39 is 0 Å². The molecule has 0 aromatic rings. The fourth-order valence-electron chi connectivity index (χ4n) is 0.574. The zero-order valence-electron chi connectivity index (χ0n) is 8.19. The molecule has 0 fully saturated rings. The highest BCUT2D eigenvalue weighted by atomic mass is 33.1. The highest BCUT2D eigenvalue weighted by molar-refractivity contribution is 8.77. The van der Waals surface area contributed by atoms with Crippen molar-refractivity contribution in [3.8, 4) is 12.3 Å². The molecular formula is C11H16S2. The summed E-state index contributed by atoms with van der Waals surface area (Å²) in [6.45, 7) is 8.04. The van der Waals surface area contributed by atoms with Gasteiger partial charge in [0.2, 0.25) is 0 Å². The van der Waals surface area contributed by atoms with Crippen LogP contribution < -0.4 is 0 Å². The Bertz CT molecular complexity index is 201. The van der Waals surface area contributed by atoms with Gasteiger partial charge in [0.05, 0.1) is 0 Å². The van der Waals surface area contributed by atoms with E-state index in [-0.39, 0.29) is 0 Å². The number of allylic oxidation sites excluding steroid dienone is 1. The van der Waals surface area contributed by atoms with Crippen molar-refractivity contribution >= 4 is 21.6 Å². The summed E-state index contributed by atoms with van der Waals surface area (Å²) in [7, 11) is 3.69. The first-order valence-electron chi connectivity index (χ1n) is 4.25. The third-order valence-corrected chi connectivity index (χ3v) is 4.56. The number of terminal acetylenes is 1. The molecule has 0 saturated heterocycles. The number of hydrogen-bond donors (Lipinski definition) is 0. The van der Waals surface area contributed by atoms with Crippen LogP contribution in [0.5, 0.6) is 0 Å². The summed E-state index contributed by atoms with van der Waals surface area (Å²) in [5.74, 6) is 2.58. The summed E-state index contributed by atoms with van der Waals surface area (Å²) in [5.41, 5.74) is 0. The van der Waals surface area contributed by atoms with Crippen LogP contribution in [0.2, 0.25) is 0 Å². The maximum atomic E-state index is 5.13. The van der Waals surface area contributed by atoms with Gasteiger partial charge in [0.25, 0.3) is 0 Å². The first-order chi connectivity index (χ1) is 6.20. The molecule has 0 aliphatic heterocycles. The fourth-order valence-corrected chi connectivity index (χ4v) is 2.66. The molecule has 0 bridgehead atoms. The molecular weight excluding hydrogens is 196 g/mol. The van der Waals surface area contributed by atoms with Gasteiger partial charge in [-0.1, -0.05) is 39.8 Å². The quantitative estimate of drug-likeness (QED) is 0.372. The highest BCUT2D eigenvalue weighted by Crippen LogP contribution is 2.31. The first kappa shape index (κ1) is 12.7. The predicted octanol–water partition coefficient (Wildman–Crippen LogP) is 3.91. The van der Waals surface area contributed by atoms with E-state index in [1.165, 1.54) is 0 Å². The van der Waals surface area contributed by atoms with Crippen molar-refractivity contribution in [3.63, 3.8) is 0 Å². The van der Waals surface area contributed by atoms with E-state index in [0.717, 1.165) is 6.42 Å². The zero-order chi connectivity index (χ0) is 10.1. The third kappa shape index (κ3) is 8.08. The summed E-state index contributed by atoms with van der Waals surface area (Å²) in [4.78, 5) is 0. The average Bonchev–Trinajstić information content (AvgIpc) is 2.14. The summed E-state index contributed by atoms with van der Waals surface area (Å²) in [5, 5.41) is 1.02. The maximum Gasteiger partial charge on any atom is 0.0303 e. The van der Waals surface area contributed by atoms with Gasteiger partial charge in [0, 0.05) is 16.9 Å². The fraction of sp³-hybridized carbons (Fsp3) is 0.455. The van der Waals surface area contributed by atoms with Gasteiger partial charge in [-0.25, -0.2) is 0 Å². The molecule has 0 rings (SSSR count). The molecule has 2 atom stereocenters. The Labute approximate surface area is 89.7 Å². The molecule has 2 unspecified atom stereocenters. The Morgan fingerprint density at radius 3 is 2.54 bits per heavy atom. The van der Waals surface area contributed by atoms with E-state index in [1.807, 2.05) is 33.7 Å². The molecule has 0 aromatic carbocycles. The number of rotatable bonds is 6. The minimum atomic E-state index is 0.508. The van der Waals surface area contributed by atoms with Crippen LogP contribution in [0.15, 0.2) is 24.8 Å². The second kappa shape index (κ2) is 8.34. The van der Waals surface area contributed by atoms with Gasteiger partial charge in [0.1, 0.15) is 0 Å². The normalized spacial score (nSPS) is 15.2. The smallest absolute Gasteiger partial charge is 0.0303 e. The van der Waals surface area contributed by atoms with Crippen molar-refractivity contribution in [1.82, 2.24) is 0 Å². The minimum Gasteiger partial charge on any atom is -0.120 e. The average molecular weight is 212 g/mol. The molecule has 0 radical (unpaired) electrons. The molecule has 13 heavy (non-hydrogen) atoms.